The topological polar surface area (TPSA) is 165 Å². The van der Waals surface area contributed by atoms with E-state index in [-0.39, 0.29) is 6.29 Å². The molecule has 0 fully saturated rings. The van der Waals surface area contributed by atoms with Crippen LogP contribution >= 0.6 is 7.82 Å². The maximum Gasteiger partial charge on any atom is 0.469 e. The third-order valence-electron chi connectivity index (χ3n) is 1.55. The molecule has 0 aliphatic rings. The molecule has 0 bridgehead atoms. The van der Waals surface area contributed by atoms with E-state index in [1.165, 1.54) is 0 Å². The number of aldehydes is 1. The lowest BCUT2D eigenvalue weighted by Crippen LogP contribution is -2.46. The minimum absolute atomic E-state index is 0.378. The summed E-state index contributed by atoms with van der Waals surface area (Å²) in [6.07, 6.45) is -10.0. The van der Waals surface area contributed by atoms with Gasteiger partial charge in [-0.2, -0.15) is 0 Å². The summed E-state index contributed by atoms with van der Waals surface area (Å²) < 4.78 is 20.9. The lowest BCUT2D eigenvalue weighted by Gasteiger charge is -2.23. The minimum atomic E-state index is -4.87. The van der Waals surface area contributed by atoms with Crippen LogP contribution in [0.15, 0.2) is 0 Å². The van der Waals surface area contributed by atoms with E-state index >= 15 is 0 Å². The van der Waals surface area contributed by atoms with Gasteiger partial charge >= 0.3 is 7.82 Å². The second-order valence-corrected chi connectivity index (χ2v) is 4.07. The molecule has 0 unspecified atom stereocenters. The molecule has 0 rings (SSSR count). The summed E-state index contributed by atoms with van der Waals surface area (Å²) in [6, 6.07) is 0. The van der Waals surface area contributed by atoms with Gasteiger partial charge in [0.25, 0.3) is 0 Å². The van der Waals surface area contributed by atoms with E-state index in [9.17, 15) is 14.5 Å². The van der Waals surface area contributed by atoms with Gasteiger partial charge in [0.05, 0.1) is 7.98 Å². The zero-order chi connectivity index (χ0) is 13.9. The van der Waals surface area contributed by atoms with Gasteiger partial charge in [0.1, 0.15) is 24.4 Å². The normalized spacial score (nSPS) is 22.8. The second-order valence-electron chi connectivity index (χ2n) is 2.83. The average molecular weight is 262 g/mol. The van der Waals surface area contributed by atoms with E-state index < -0.39 is 38.8 Å². The Labute approximate surface area is 91.6 Å². The van der Waals surface area contributed by atoms with Gasteiger partial charge in [-0.1, -0.05) is 0 Å². The smallest absolute Gasteiger partial charge is 0.388 e. The number of aliphatic hydroxyl groups excluding tert-OH is 3. The predicted octanol–water partition coefficient (Wildman–Crippen LogP) is -3.26. The van der Waals surface area contributed by atoms with Gasteiger partial charge in [-0.25, -0.2) is 4.57 Å². The summed E-state index contributed by atoms with van der Waals surface area (Å²) in [6.45, 7) is -1.06. The van der Waals surface area contributed by atoms with Crippen molar-refractivity contribution in [2.45, 2.75) is 24.4 Å². The zero-order valence-corrected chi connectivity index (χ0v) is 8.77. The van der Waals surface area contributed by atoms with Crippen LogP contribution in [-0.2, 0) is 13.9 Å². The monoisotopic (exact) mass is 262 g/mol. The van der Waals surface area contributed by atoms with E-state index in [1.54, 1.807) is 0 Å². The highest BCUT2D eigenvalue weighted by molar-refractivity contribution is 7.46. The molecule has 10 heteroatoms. The first kappa shape index (κ1) is 13.7. The van der Waals surface area contributed by atoms with Crippen LogP contribution in [0.4, 0.5) is 0 Å². The molecule has 96 valence electrons. The molecule has 0 amide bonds. The van der Waals surface area contributed by atoms with E-state index in [1.807, 2.05) is 0 Å². The zero-order valence-electron chi connectivity index (χ0n) is 8.87. The SMILES string of the molecule is [3H][C@](O)(C=O)[C@@H](O)[C@H](O)[C@H](O)COP(=O)(O)O. The quantitative estimate of drug-likeness (QED) is 0.204. The predicted molar refractivity (Wildman–Crippen MR) is 48.1 cm³/mol. The van der Waals surface area contributed by atoms with Gasteiger partial charge in [0, 0.05) is 0 Å². The van der Waals surface area contributed by atoms with Crippen molar-refractivity contribution in [2.75, 3.05) is 6.61 Å². The molecule has 0 aliphatic carbocycles. The molecule has 0 aromatic rings. The first-order valence-corrected chi connectivity index (χ1v) is 5.47. The number of phosphoric ester groups is 1. The Hall–Kier alpha value is -0.380. The number of phosphoric acid groups is 1. The molecule has 4 atom stereocenters. The summed E-state index contributed by atoms with van der Waals surface area (Å²) >= 11 is 0. The maximum absolute atomic E-state index is 10.3. The Morgan fingerprint density at radius 2 is 1.75 bits per heavy atom. The van der Waals surface area contributed by atoms with Crippen molar-refractivity contribution in [3.63, 3.8) is 0 Å². The highest BCUT2D eigenvalue weighted by atomic mass is 31.2. The lowest BCUT2D eigenvalue weighted by atomic mass is 10.0. The van der Waals surface area contributed by atoms with Crippen LogP contribution in [0.25, 0.3) is 0 Å². The fourth-order valence-corrected chi connectivity index (χ4v) is 1.07. The van der Waals surface area contributed by atoms with Gasteiger partial charge in [0.2, 0.25) is 0 Å². The third-order valence-corrected chi connectivity index (χ3v) is 2.04. The van der Waals surface area contributed by atoms with Gasteiger partial charge in [-0.3, -0.25) is 4.52 Å². The minimum Gasteiger partial charge on any atom is -0.388 e. The number of hydrogen-bond acceptors (Lipinski definition) is 7. The van der Waals surface area contributed by atoms with Crippen LogP contribution in [0, 0.1) is 0 Å². The van der Waals surface area contributed by atoms with Crippen LogP contribution in [0.5, 0.6) is 0 Å². The molecular formula is C6H13O9P. The van der Waals surface area contributed by atoms with Gasteiger partial charge < -0.3 is 35.0 Å². The number of rotatable bonds is 7. The summed E-state index contributed by atoms with van der Waals surface area (Å²) in [4.78, 5) is 26.7. The number of carbonyl (C=O) groups excluding carboxylic acids is 1. The lowest BCUT2D eigenvalue weighted by molar-refractivity contribution is -0.136. The van der Waals surface area contributed by atoms with Crippen molar-refractivity contribution >= 4 is 14.1 Å². The molecule has 0 aliphatic heterocycles. The summed E-state index contributed by atoms with van der Waals surface area (Å²) in [5.74, 6) is 0. The molecule has 0 saturated heterocycles. The molecule has 0 spiro atoms. The fraction of sp³-hybridized carbons (Fsp3) is 0.833. The summed E-state index contributed by atoms with van der Waals surface area (Å²) in [7, 11) is -4.87. The van der Waals surface area contributed by atoms with Gasteiger partial charge in [-0.15, -0.1) is 0 Å². The third kappa shape index (κ3) is 5.64. The molecule has 0 radical (unpaired) electrons. The second kappa shape index (κ2) is 6.38. The van der Waals surface area contributed by atoms with Gasteiger partial charge in [0.15, 0.2) is 6.29 Å². The molecule has 6 N–H and O–H groups in total. The number of aliphatic hydroxyl groups is 4. The summed E-state index contributed by atoms with van der Waals surface area (Å²) in [5, 5.41) is 36.3. The van der Waals surface area contributed by atoms with Crippen LogP contribution in [0.2, 0.25) is 0 Å². The highest BCUT2D eigenvalue weighted by Gasteiger charge is 2.31. The first-order chi connectivity index (χ1) is 7.51. The maximum atomic E-state index is 10.3. The Balaban J connectivity index is 4.45. The number of carbonyl (C=O) groups is 1. The average Bonchev–Trinajstić information content (AvgIpc) is 2.22. The van der Waals surface area contributed by atoms with Crippen molar-refractivity contribution in [3.8, 4) is 0 Å². The first-order valence-electron chi connectivity index (χ1n) is 4.44. The Kier molecular flexibility index (Phi) is 5.46. The largest absolute Gasteiger partial charge is 0.469 e. The van der Waals surface area contributed by atoms with E-state index in [4.69, 9.17) is 26.5 Å². The molecule has 0 aromatic heterocycles. The Morgan fingerprint density at radius 1 is 1.25 bits per heavy atom. The van der Waals surface area contributed by atoms with Crippen LogP contribution < -0.4 is 0 Å². The fourth-order valence-electron chi connectivity index (χ4n) is 0.727. The molecule has 16 heavy (non-hydrogen) atoms. The molecule has 0 saturated carbocycles. The van der Waals surface area contributed by atoms with Crippen molar-refractivity contribution in [1.29, 1.82) is 0 Å². The van der Waals surface area contributed by atoms with Crippen molar-refractivity contribution in [2.24, 2.45) is 0 Å². The Bertz CT molecular complexity index is 302. The van der Waals surface area contributed by atoms with Crippen LogP contribution in [0.1, 0.15) is 1.37 Å². The molecule has 9 nitrogen and oxygen atoms in total. The number of hydrogen-bond donors (Lipinski definition) is 6. The van der Waals surface area contributed by atoms with Gasteiger partial charge in [-0.05, 0) is 0 Å². The van der Waals surface area contributed by atoms with Crippen LogP contribution in [-0.4, -0.2) is 67.5 Å². The Morgan fingerprint density at radius 3 is 2.12 bits per heavy atom. The van der Waals surface area contributed by atoms with Crippen molar-refractivity contribution < 1.29 is 45.5 Å². The molecule has 0 aromatic carbocycles. The van der Waals surface area contributed by atoms with Crippen LogP contribution in [0.3, 0.4) is 0 Å². The molecule has 0 heterocycles. The van der Waals surface area contributed by atoms with E-state index in [2.05, 4.69) is 4.52 Å². The van der Waals surface area contributed by atoms with E-state index in [0.29, 0.717) is 0 Å². The molecular weight excluding hydrogens is 247 g/mol. The van der Waals surface area contributed by atoms with Crippen molar-refractivity contribution in [1.82, 2.24) is 0 Å². The standard InChI is InChI=1S/C6H13O9P/c7-1-3(8)5(10)6(11)4(9)2-15-16(12,13)14/h1,3-6,8-11H,2H2,(H2,12,13,14)/t3-,4+,5+,6+/m0/s1/i3T. The summed E-state index contributed by atoms with van der Waals surface area (Å²) in [5.41, 5.74) is 0. The van der Waals surface area contributed by atoms with E-state index in [0.717, 1.165) is 0 Å². The highest BCUT2D eigenvalue weighted by Crippen LogP contribution is 2.35. The van der Waals surface area contributed by atoms with Crippen molar-refractivity contribution in [3.05, 3.63) is 0 Å².